The molecule has 1 N–H and O–H groups in total. The van der Waals surface area contributed by atoms with Crippen LogP contribution in [0.1, 0.15) is 89.6 Å². The predicted octanol–water partition coefficient (Wildman–Crippen LogP) is 12.5. The summed E-state index contributed by atoms with van der Waals surface area (Å²) in [5.41, 5.74) is 5.95. The van der Waals surface area contributed by atoms with Crippen LogP contribution in [-0.4, -0.2) is 94.4 Å². The molecule has 96 heavy (non-hydrogen) atoms. The lowest BCUT2D eigenvalue weighted by atomic mass is 9.96. The molecule has 1 fully saturated rings. The molecular weight excluding hydrogens is 1380 g/mol. The number of hydrogen-bond donors (Lipinski definition) is 1. The monoisotopic (exact) mass is 1450 g/mol. The van der Waals surface area contributed by atoms with Gasteiger partial charge in [0.25, 0.3) is 38.9 Å². The number of para-hydroxylation sites is 2. The van der Waals surface area contributed by atoms with Gasteiger partial charge in [-0.25, -0.2) is 23.5 Å². The Morgan fingerprint density at radius 1 is 0.438 bits per heavy atom. The fraction of sp³-hybridized carbons (Fsp3) is 0.303. The number of nitrogens with zero attached hydrogens (tertiary/aromatic N) is 14. The maximum Gasteiger partial charge on any atom is 0.290 e. The van der Waals surface area contributed by atoms with Crippen molar-refractivity contribution >= 4 is 81.2 Å². The smallest absolute Gasteiger partial charge is 0.290 e. The number of benzene rings is 3. The van der Waals surface area contributed by atoms with Crippen molar-refractivity contribution in [2.75, 3.05) is 20.6 Å². The molecule has 0 atom stereocenters. The first-order valence-electron chi connectivity index (χ1n) is 29.6. The Balaban J connectivity index is 0.000000204. The number of rotatable bonds is 8. The van der Waals surface area contributed by atoms with Gasteiger partial charge in [0.15, 0.2) is 0 Å². The summed E-state index contributed by atoms with van der Waals surface area (Å²) in [5, 5.41) is 31.5. The Morgan fingerprint density at radius 2 is 0.833 bits per heavy atom. The first kappa shape index (κ1) is 78.4. The van der Waals surface area contributed by atoms with E-state index in [9.17, 15) is 38.0 Å². The van der Waals surface area contributed by atoms with Gasteiger partial charge in [-0.05, 0) is 176 Å². The Bertz CT molecular complexity index is 4710. The second kappa shape index (κ2) is 37.9. The third-order valence-corrected chi connectivity index (χ3v) is 17.3. The molecule has 7 aromatic heterocycles. The van der Waals surface area contributed by atoms with Gasteiger partial charge in [-0.2, -0.15) is 49.7 Å². The van der Waals surface area contributed by atoms with E-state index in [2.05, 4.69) is 40.8 Å². The molecule has 22 nitrogen and oxygen atoms in total. The summed E-state index contributed by atoms with van der Waals surface area (Å²) in [7, 11) is 3.89. The van der Waals surface area contributed by atoms with E-state index < -0.39 is 5.56 Å². The maximum atomic E-state index is 12.7. The number of H-pyrrole nitrogens is 1. The maximum absolute atomic E-state index is 12.7. The average molecular weight is 1450 g/mol. The third-order valence-electron chi connectivity index (χ3n) is 14.1. The van der Waals surface area contributed by atoms with Crippen LogP contribution in [0.15, 0.2) is 156 Å². The Labute approximate surface area is 587 Å². The lowest BCUT2D eigenvalue weighted by Crippen LogP contribution is -2.29. The van der Waals surface area contributed by atoms with Crippen LogP contribution >= 0.6 is 81.2 Å². The second-order valence-electron chi connectivity index (χ2n) is 21.8. The lowest BCUT2D eigenvalue weighted by molar-refractivity contribution is 0.318. The van der Waals surface area contributed by atoms with Crippen molar-refractivity contribution in [3.63, 3.8) is 0 Å². The normalized spacial score (nSPS) is 11.5. The van der Waals surface area contributed by atoms with Gasteiger partial charge in [-0.15, -0.1) is 0 Å². The number of aromatic amines is 1. The van der Waals surface area contributed by atoms with Gasteiger partial charge in [-0.1, -0.05) is 137 Å². The molecule has 0 radical (unpaired) electrons. The van der Waals surface area contributed by atoms with Gasteiger partial charge in [-0.3, -0.25) is 33.6 Å². The molecule has 1 aliphatic rings. The van der Waals surface area contributed by atoms with Gasteiger partial charge in [0.1, 0.15) is 41.0 Å². The topological polar surface area (TPSA) is 258 Å². The molecule has 7 heterocycles. The highest BCUT2D eigenvalue weighted by Gasteiger charge is 2.19. The Kier molecular flexibility index (Phi) is 31.0. The molecule has 0 amide bonds. The predicted molar refractivity (Wildman–Crippen MR) is 379 cm³/mol. The molecule has 10 aromatic rings. The van der Waals surface area contributed by atoms with E-state index in [0.29, 0.717) is 51.7 Å². The van der Waals surface area contributed by atoms with Gasteiger partial charge in [0.2, 0.25) is 0 Å². The van der Waals surface area contributed by atoms with E-state index in [0.717, 1.165) is 52.0 Å². The van der Waals surface area contributed by atoms with Crippen molar-refractivity contribution in [3.8, 4) is 17.1 Å². The van der Waals surface area contributed by atoms with Crippen LogP contribution < -0.4 is 38.9 Å². The molecule has 30 heteroatoms. The van der Waals surface area contributed by atoms with Crippen molar-refractivity contribution in [2.24, 2.45) is 0 Å². The van der Waals surface area contributed by atoms with E-state index in [-0.39, 0.29) is 75.4 Å². The van der Waals surface area contributed by atoms with Crippen LogP contribution in [0, 0.1) is 61.2 Å². The minimum atomic E-state index is -0.409. The Hall–Kier alpha value is -8.26. The number of aromatic nitrogens is 14. The zero-order valence-electron chi connectivity index (χ0n) is 54.4. The molecule has 11 rings (SSSR count). The van der Waals surface area contributed by atoms with E-state index in [1.807, 2.05) is 82.2 Å². The van der Waals surface area contributed by atoms with Gasteiger partial charge >= 0.3 is 0 Å². The lowest BCUT2D eigenvalue weighted by Gasteiger charge is -2.22. The van der Waals surface area contributed by atoms with E-state index in [4.69, 9.17) is 81.2 Å². The minimum absolute atomic E-state index is 0.124. The quantitative estimate of drug-likeness (QED) is 0.148. The zero-order valence-corrected chi connectivity index (χ0v) is 59.7. The highest BCUT2D eigenvalue weighted by molar-refractivity contribution is 6.33. The van der Waals surface area contributed by atoms with Gasteiger partial charge in [0, 0.05) is 13.1 Å². The van der Waals surface area contributed by atoms with Crippen molar-refractivity contribution in [1.82, 2.24) is 73.8 Å². The molecule has 0 bridgehead atoms. The highest BCUT2D eigenvalue weighted by Crippen LogP contribution is 2.27. The third kappa shape index (κ3) is 21.9. The highest BCUT2D eigenvalue weighted by atomic mass is 35.5. The van der Waals surface area contributed by atoms with Crippen LogP contribution in [0.2, 0.25) is 35.2 Å². The minimum Gasteiger partial charge on any atom is -0.308 e. The van der Waals surface area contributed by atoms with Crippen LogP contribution in [-0.2, 0) is 13.1 Å². The largest absolute Gasteiger partial charge is 0.308 e. The van der Waals surface area contributed by atoms with Crippen molar-refractivity contribution < 1.29 is 4.39 Å². The van der Waals surface area contributed by atoms with Crippen molar-refractivity contribution in [1.29, 1.82) is 0 Å². The summed E-state index contributed by atoms with van der Waals surface area (Å²) in [4.78, 5) is 82.6. The molecule has 1 aliphatic carbocycles. The van der Waals surface area contributed by atoms with Gasteiger partial charge < -0.3 is 4.90 Å². The SMILES string of the molecule is CCn1ncc(C)c(Cl)c1=O.Cc1ccccc1-n1ncc(C)c(Cl)c1=O.Cc1cn[nH]c(=O)c1Cl.Cc1cnn(-c2ccc(F)cc2)c(=O)c1Cl.Cc1cnn(-c2ccccc2)c(=O)c1Cl.Cc1cnn(C2CCCCC2)c(=O)c1Cl.Cc1cnn(CCN(C)C)c(=O)c1Cl. The van der Waals surface area contributed by atoms with Crippen LogP contribution in [0.25, 0.3) is 17.1 Å². The number of aryl methyl sites for hydroxylation is 9. The average Bonchev–Trinajstić information content (AvgIpc) is 0.917. The molecular formula is C66H71Cl7FN15O7. The molecule has 0 aliphatic heterocycles. The van der Waals surface area contributed by atoms with Crippen molar-refractivity contribution in [3.05, 3.63) is 280 Å². The fourth-order valence-corrected chi connectivity index (χ4v) is 9.30. The number of likely N-dealkylation sites (N-methyl/N-ethyl adjacent to an activating group) is 1. The summed E-state index contributed by atoms with van der Waals surface area (Å²) in [6.45, 7) is 17.9. The fourth-order valence-electron chi connectivity index (χ4n) is 8.40. The van der Waals surface area contributed by atoms with Crippen LogP contribution in [0.3, 0.4) is 0 Å². The molecule has 0 spiro atoms. The number of nitrogens with one attached hydrogen (secondary N) is 1. The molecule has 3 aromatic carbocycles. The number of hydrogen-bond acceptors (Lipinski definition) is 15. The number of halogens is 8. The van der Waals surface area contributed by atoms with Crippen LogP contribution in [0.5, 0.6) is 0 Å². The van der Waals surface area contributed by atoms with Gasteiger partial charge in [0.05, 0.1) is 73.0 Å². The standard InChI is InChI=1S/C12H11ClN2O.C11H8ClFN2O.C11H15ClN2O.C11H9ClN2O.C9H14ClN3O.C7H9ClN2O.C5H5ClN2O/c1-8-5-3-4-6-10(8)15-12(16)11(13)9(2)7-14-15;1-7-6-14-15(11(16)10(7)12)9-4-2-8(13)3-5-9;2*1-8-7-13-14(11(15)10(8)12)9-5-3-2-4-6-9;1-7-6-11-13(5-4-12(2)3)9(14)8(7)10;1-3-10-7(11)6(8)5(2)4-9-10;1-3-2-7-8-5(9)4(3)6/h3-7H,1-2H3;2-6H,1H3;7,9H,2-6H2,1H3;2-7H,1H3;6H,4-5H2,1-3H3;4H,3H2,1-2H3;2H,1H3,(H,8,9). The summed E-state index contributed by atoms with van der Waals surface area (Å²) in [5.74, 6) is -0.366. The zero-order chi connectivity index (χ0) is 71.1. The first-order valence-corrected chi connectivity index (χ1v) is 32.3. The van der Waals surface area contributed by atoms with E-state index in [1.165, 1.54) is 74.6 Å². The van der Waals surface area contributed by atoms with Crippen LogP contribution in [0.4, 0.5) is 4.39 Å². The first-order chi connectivity index (χ1) is 45.5. The summed E-state index contributed by atoms with van der Waals surface area (Å²) >= 11 is 40.5. The van der Waals surface area contributed by atoms with Crippen molar-refractivity contribution in [2.45, 2.75) is 114 Å². The second-order valence-corrected chi connectivity index (χ2v) is 24.4. The summed E-state index contributed by atoms with van der Waals surface area (Å²) in [6, 6.07) is 22.4. The molecule has 1 saturated carbocycles. The summed E-state index contributed by atoms with van der Waals surface area (Å²) in [6.07, 6.45) is 16.8. The summed E-state index contributed by atoms with van der Waals surface area (Å²) < 4.78 is 20.7. The molecule has 508 valence electrons. The Morgan fingerprint density at radius 3 is 1.30 bits per heavy atom. The molecule has 0 unspecified atom stereocenters. The van der Waals surface area contributed by atoms with E-state index in [1.54, 1.807) is 89.3 Å². The van der Waals surface area contributed by atoms with E-state index >= 15 is 0 Å². The molecule has 0 saturated heterocycles.